The first kappa shape index (κ1) is 21.7. The summed E-state index contributed by atoms with van der Waals surface area (Å²) in [6.07, 6.45) is -3.21. The molecule has 0 radical (unpaired) electrons. The van der Waals surface area contributed by atoms with E-state index < -0.39 is 53.6 Å². The van der Waals surface area contributed by atoms with Gasteiger partial charge in [0.2, 0.25) is 5.91 Å². The fourth-order valence-corrected chi connectivity index (χ4v) is 3.13. The molecule has 0 spiro atoms. The van der Waals surface area contributed by atoms with Crippen molar-refractivity contribution in [1.82, 2.24) is 5.32 Å². The number of rotatable bonds is 6. The Kier molecular flexibility index (Phi) is 8.30. The quantitative estimate of drug-likeness (QED) is 0.198. The van der Waals surface area contributed by atoms with Crippen molar-refractivity contribution in [2.24, 2.45) is 0 Å². The average molecular weight is 389 g/mol. The lowest BCUT2D eigenvalue weighted by Crippen LogP contribution is -2.65. The molecule has 0 aromatic carbocycles. The summed E-state index contributed by atoms with van der Waals surface area (Å²) in [5.74, 6) is -2.36. The third kappa shape index (κ3) is 6.51. The molecular formula is C15H21N2O8S+. The molecule has 26 heavy (non-hydrogen) atoms. The summed E-state index contributed by atoms with van der Waals surface area (Å²) in [5.41, 5.74) is -0.881. The molecule has 144 valence electrons. The minimum atomic E-state index is -1.13. The van der Waals surface area contributed by atoms with E-state index in [1.807, 2.05) is 0 Å². The Morgan fingerprint density at radius 1 is 1.04 bits per heavy atom. The maximum absolute atomic E-state index is 11.6. The van der Waals surface area contributed by atoms with Crippen LogP contribution in [0.5, 0.6) is 0 Å². The summed E-state index contributed by atoms with van der Waals surface area (Å²) < 4.78 is 21.2. The van der Waals surface area contributed by atoms with E-state index in [1.165, 1.54) is 13.8 Å². The number of hydrogen-bond acceptors (Lipinski definition) is 9. The second-order valence-electron chi connectivity index (χ2n) is 5.44. The van der Waals surface area contributed by atoms with Crippen molar-refractivity contribution in [3.05, 3.63) is 0 Å². The molecule has 1 amide bonds. The normalized spacial score (nSPS) is 27.5. The molecule has 1 rings (SSSR count). The van der Waals surface area contributed by atoms with Gasteiger partial charge in [-0.3, -0.25) is 19.2 Å². The van der Waals surface area contributed by atoms with Crippen molar-refractivity contribution >= 4 is 40.3 Å². The van der Waals surface area contributed by atoms with Gasteiger partial charge in [0, 0.05) is 27.7 Å². The molecule has 5 atom stereocenters. The molecular weight excluding hydrogens is 368 g/mol. The topological polar surface area (TPSA) is 141 Å². The van der Waals surface area contributed by atoms with Crippen LogP contribution >= 0.6 is 0 Å². The number of amides is 1. The molecule has 10 nitrogen and oxygen atoms in total. The highest BCUT2D eigenvalue weighted by atomic mass is 32.1. The van der Waals surface area contributed by atoms with Gasteiger partial charge < -0.3 is 24.3 Å². The van der Waals surface area contributed by atoms with Gasteiger partial charge in [-0.1, -0.05) is 0 Å². The van der Waals surface area contributed by atoms with E-state index in [2.05, 4.69) is 10.5 Å². The second kappa shape index (κ2) is 9.95. The third-order valence-electron chi connectivity index (χ3n) is 3.25. The summed E-state index contributed by atoms with van der Waals surface area (Å²) in [4.78, 5) is 45.7. The van der Waals surface area contributed by atoms with Gasteiger partial charge >= 0.3 is 23.3 Å². The smallest absolute Gasteiger partial charge is 0.323 e. The highest BCUT2D eigenvalue weighted by molar-refractivity contribution is 7.77. The van der Waals surface area contributed by atoms with E-state index >= 15 is 0 Å². The fourth-order valence-electron chi connectivity index (χ4n) is 2.45. The van der Waals surface area contributed by atoms with Crippen LogP contribution in [-0.2, 0) is 49.5 Å². The lowest BCUT2D eigenvalue weighted by Gasteiger charge is -2.40. The third-order valence-corrected chi connectivity index (χ3v) is 4.00. The number of esters is 3. The molecule has 1 aliphatic heterocycles. The summed E-state index contributed by atoms with van der Waals surface area (Å²) in [6, 6.07) is -0.919. The van der Waals surface area contributed by atoms with E-state index in [1.54, 1.807) is 0 Å². The molecule has 1 heterocycles. The lowest BCUT2D eigenvalue weighted by molar-refractivity contribution is -0.211. The standard InChI is InChI=1S/C15H20N2O8S/c1-7(18)17-12-14(24-10(4)21)13(23-9(3)20)11(5-22-8(2)19)25-15(12)26-6-16/h11-16H,5H2,1-4H3/p+1/t11-,12-,13-,14-,15+/m1/s1. The van der Waals surface area contributed by atoms with Gasteiger partial charge in [0.25, 0.3) is 16.5 Å². The van der Waals surface area contributed by atoms with Crippen LogP contribution in [0, 0.1) is 5.41 Å². The van der Waals surface area contributed by atoms with E-state index in [-0.39, 0.29) is 6.61 Å². The van der Waals surface area contributed by atoms with Gasteiger partial charge in [0.15, 0.2) is 18.2 Å². The van der Waals surface area contributed by atoms with Crippen LogP contribution in [0.1, 0.15) is 27.7 Å². The van der Waals surface area contributed by atoms with E-state index in [9.17, 15) is 19.2 Å². The van der Waals surface area contributed by atoms with Crippen molar-refractivity contribution < 1.29 is 38.1 Å². The molecule has 0 bridgehead atoms. The van der Waals surface area contributed by atoms with Crippen LogP contribution in [0.4, 0.5) is 0 Å². The van der Waals surface area contributed by atoms with Gasteiger partial charge in [-0.25, -0.2) is 5.41 Å². The Morgan fingerprint density at radius 2 is 1.62 bits per heavy atom. The van der Waals surface area contributed by atoms with Gasteiger partial charge in [0.1, 0.15) is 12.7 Å². The summed E-state index contributed by atoms with van der Waals surface area (Å²) in [6.45, 7) is 4.51. The zero-order chi connectivity index (χ0) is 19.9. The van der Waals surface area contributed by atoms with Crippen LogP contribution < -0.4 is 5.32 Å². The first-order valence-corrected chi connectivity index (χ1v) is 8.51. The average Bonchev–Trinajstić information content (AvgIpc) is 2.50. The van der Waals surface area contributed by atoms with E-state index in [4.69, 9.17) is 24.4 Å². The number of ether oxygens (including phenoxy) is 4. The highest BCUT2D eigenvalue weighted by Gasteiger charge is 2.54. The highest BCUT2D eigenvalue weighted by Crippen LogP contribution is 2.27. The second-order valence-corrected chi connectivity index (χ2v) is 6.34. The van der Waals surface area contributed by atoms with Crippen LogP contribution in [0.25, 0.3) is 0 Å². The van der Waals surface area contributed by atoms with Crippen LogP contribution in [-0.4, -0.2) is 65.4 Å². The summed E-state index contributed by atoms with van der Waals surface area (Å²) in [5, 5.41) is 11.8. The van der Waals surface area contributed by atoms with Crippen molar-refractivity contribution in [2.45, 2.75) is 57.5 Å². The predicted molar refractivity (Wildman–Crippen MR) is 89.1 cm³/mol. The molecule has 0 aliphatic carbocycles. The minimum absolute atomic E-state index is 0.271. The molecule has 0 unspecified atom stereocenters. The van der Waals surface area contributed by atoms with Crippen LogP contribution in [0.15, 0.2) is 0 Å². The van der Waals surface area contributed by atoms with Crippen molar-refractivity contribution in [3.63, 3.8) is 0 Å². The van der Waals surface area contributed by atoms with Gasteiger partial charge in [-0.15, -0.1) is 0 Å². The zero-order valence-corrected chi connectivity index (χ0v) is 15.6. The van der Waals surface area contributed by atoms with Crippen molar-refractivity contribution in [2.75, 3.05) is 6.61 Å². The number of nitrogens with one attached hydrogen (secondary N) is 2. The van der Waals surface area contributed by atoms with Gasteiger partial charge in [-0.2, -0.15) is 0 Å². The lowest BCUT2D eigenvalue weighted by atomic mass is 9.97. The molecule has 11 heteroatoms. The van der Waals surface area contributed by atoms with Gasteiger partial charge in [0.05, 0.1) is 0 Å². The predicted octanol–water partition coefficient (Wildman–Crippen LogP) is -0.791. The van der Waals surface area contributed by atoms with Crippen LogP contribution in [0.3, 0.4) is 0 Å². The number of carbonyl (C=O) groups is 4. The molecule has 2 N–H and O–H groups in total. The Morgan fingerprint density at radius 3 is 2.08 bits per heavy atom. The molecule has 0 saturated carbocycles. The Balaban J connectivity index is 3.28. The van der Waals surface area contributed by atoms with Crippen LogP contribution in [0.2, 0.25) is 0 Å². The number of carbonyl (C=O) groups excluding carboxylic acids is 4. The van der Waals surface area contributed by atoms with Gasteiger partial charge in [-0.05, 0) is 0 Å². The Hall–Kier alpha value is -2.36. The maximum Gasteiger partial charge on any atom is 0.323 e. The van der Waals surface area contributed by atoms with Crippen molar-refractivity contribution in [3.8, 4) is 0 Å². The number of isothiocyanates is 1. The Bertz CT molecular complexity index is 619. The minimum Gasteiger partial charge on any atom is -0.463 e. The monoisotopic (exact) mass is 389 g/mol. The molecule has 1 fully saturated rings. The Labute approximate surface area is 154 Å². The van der Waals surface area contributed by atoms with E-state index in [0.29, 0.717) is 0 Å². The maximum atomic E-state index is 11.6. The van der Waals surface area contributed by atoms with Crippen molar-refractivity contribution in [1.29, 1.82) is 5.41 Å². The number of hydrogen-bond donors (Lipinski definition) is 2. The molecule has 0 aromatic rings. The fraction of sp³-hybridized carbons (Fsp3) is 0.667. The first-order chi connectivity index (χ1) is 12.1. The summed E-state index contributed by atoms with van der Waals surface area (Å²) in [7, 11) is 0. The zero-order valence-electron chi connectivity index (χ0n) is 14.8. The molecule has 1 saturated heterocycles. The SMILES string of the molecule is CC(=O)N[C@@H]1[C@@H](OC(C)=O)[C@H](OC(C)=O)[C@@H](COC(C)=O)O[C@H]1[S+]=C=N. The van der Waals surface area contributed by atoms with E-state index in [0.717, 1.165) is 25.2 Å². The largest absolute Gasteiger partial charge is 0.463 e. The molecule has 0 aromatic heterocycles. The molecule has 1 aliphatic rings. The summed E-state index contributed by atoms with van der Waals surface area (Å²) >= 11 is 0.800. The first-order valence-electron chi connectivity index (χ1n) is 7.63.